The first kappa shape index (κ1) is 14.8. The minimum Gasteiger partial charge on any atom is -0.508 e. The van der Waals surface area contributed by atoms with Gasteiger partial charge in [0.2, 0.25) is 0 Å². The number of nitrogens with zero attached hydrogens (tertiary/aromatic N) is 1. The molecule has 4 nitrogen and oxygen atoms in total. The average molecular weight is 280 g/mol. The summed E-state index contributed by atoms with van der Waals surface area (Å²) in [6.45, 7) is 6.89. The Morgan fingerprint density at radius 1 is 1.55 bits per heavy atom. The fraction of sp³-hybridized carbons (Fsp3) is 0.533. The largest absolute Gasteiger partial charge is 0.508 e. The number of phenols is 1. The minimum absolute atomic E-state index is 0.0264. The van der Waals surface area contributed by atoms with Crippen LogP contribution in [0.2, 0.25) is 0 Å². The number of aromatic hydroxyl groups is 1. The summed E-state index contributed by atoms with van der Waals surface area (Å²) in [5, 5.41) is 11.9. The number of likely N-dealkylation sites (tertiary alicyclic amines) is 1. The van der Waals surface area contributed by atoms with Crippen LogP contribution in [-0.4, -0.2) is 41.6 Å². The van der Waals surface area contributed by atoms with Crippen LogP contribution in [0.4, 0.5) is 4.39 Å². The van der Waals surface area contributed by atoms with Crippen LogP contribution in [0.25, 0.3) is 0 Å². The van der Waals surface area contributed by atoms with Gasteiger partial charge in [-0.25, -0.2) is 4.39 Å². The maximum absolute atomic E-state index is 13.5. The number of hydrogen-bond acceptors (Lipinski definition) is 3. The lowest BCUT2D eigenvalue weighted by atomic mass is 10.1. The number of amides is 1. The average Bonchev–Trinajstić information content (AvgIpc) is 2.85. The molecule has 1 amide bonds. The van der Waals surface area contributed by atoms with Crippen molar-refractivity contribution in [2.24, 2.45) is 5.92 Å². The van der Waals surface area contributed by atoms with Crippen LogP contribution >= 0.6 is 0 Å². The molecule has 1 atom stereocenters. The number of hydrogen-bond donors (Lipinski definition) is 2. The number of carbonyl (C=O) groups excluding carboxylic acids is 1. The Morgan fingerprint density at radius 2 is 2.30 bits per heavy atom. The molecule has 2 rings (SSSR count). The molecular weight excluding hydrogens is 259 g/mol. The first-order valence-corrected chi connectivity index (χ1v) is 6.98. The molecular formula is C15H21FN2O2. The first-order valence-electron chi connectivity index (χ1n) is 6.98. The van der Waals surface area contributed by atoms with Crippen molar-refractivity contribution in [3.05, 3.63) is 29.6 Å². The second-order valence-electron chi connectivity index (χ2n) is 5.62. The highest BCUT2D eigenvalue weighted by Gasteiger charge is 2.24. The maximum Gasteiger partial charge on any atom is 0.254 e. The van der Waals surface area contributed by atoms with Crippen LogP contribution in [0.3, 0.4) is 0 Å². The van der Waals surface area contributed by atoms with Gasteiger partial charge in [0.15, 0.2) is 0 Å². The predicted octanol–water partition coefficient (Wildman–Crippen LogP) is 1.99. The zero-order valence-corrected chi connectivity index (χ0v) is 11.9. The van der Waals surface area contributed by atoms with Crippen molar-refractivity contribution in [2.75, 3.05) is 19.6 Å². The molecule has 1 aromatic carbocycles. The molecule has 1 aromatic rings. The van der Waals surface area contributed by atoms with Gasteiger partial charge in [-0.2, -0.15) is 0 Å². The molecule has 1 aliphatic rings. The third kappa shape index (κ3) is 3.48. The van der Waals surface area contributed by atoms with Crippen LogP contribution in [0.1, 0.15) is 30.6 Å². The Bertz CT molecular complexity index is 491. The quantitative estimate of drug-likeness (QED) is 0.887. The van der Waals surface area contributed by atoms with Gasteiger partial charge in [-0.1, -0.05) is 0 Å². The van der Waals surface area contributed by atoms with Gasteiger partial charge < -0.3 is 15.3 Å². The summed E-state index contributed by atoms with van der Waals surface area (Å²) < 4.78 is 13.5. The zero-order chi connectivity index (χ0) is 14.7. The molecule has 1 aliphatic heterocycles. The van der Waals surface area contributed by atoms with Crippen LogP contribution in [0.5, 0.6) is 5.75 Å². The van der Waals surface area contributed by atoms with Gasteiger partial charge in [0.1, 0.15) is 11.6 Å². The second kappa shape index (κ2) is 6.22. The van der Waals surface area contributed by atoms with E-state index in [1.54, 1.807) is 0 Å². The monoisotopic (exact) mass is 280 g/mol. The van der Waals surface area contributed by atoms with E-state index in [-0.39, 0.29) is 11.3 Å². The van der Waals surface area contributed by atoms with Gasteiger partial charge >= 0.3 is 0 Å². The number of nitrogens with one attached hydrogen (secondary N) is 1. The van der Waals surface area contributed by atoms with Crippen molar-refractivity contribution in [2.45, 2.75) is 26.3 Å². The van der Waals surface area contributed by atoms with Gasteiger partial charge in [0.25, 0.3) is 5.91 Å². The molecule has 110 valence electrons. The number of phenolic OH excluding ortho intramolecular Hbond substituents is 1. The number of rotatable bonds is 4. The Labute approximate surface area is 118 Å². The molecule has 1 saturated heterocycles. The van der Waals surface area contributed by atoms with Gasteiger partial charge in [0, 0.05) is 25.2 Å². The van der Waals surface area contributed by atoms with Crippen molar-refractivity contribution in [1.82, 2.24) is 10.2 Å². The molecule has 0 radical (unpaired) electrons. The molecule has 0 aromatic heterocycles. The molecule has 0 spiro atoms. The van der Waals surface area contributed by atoms with Crippen LogP contribution in [0, 0.1) is 11.7 Å². The van der Waals surface area contributed by atoms with Crippen LogP contribution in [0.15, 0.2) is 18.2 Å². The van der Waals surface area contributed by atoms with Crippen molar-refractivity contribution >= 4 is 5.91 Å². The molecule has 1 unspecified atom stereocenters. The summed E-state index contributed by atoms with van der Waals surface area (Å²) in [4.78, 5) is 14.3. The number of halogens is 1. The van der Waals surface area contributed by atoms with E-state index in [1.165, 1.54) is 12.1 Å². The molecule has 20 heavy (non-hydrogen) atoms. The van der Waals surface area contributed by atoms with E-state index in [0.717, 1.165) is 25.6 Å². The fourth-order valence-electron chi connectivity index (χ4n) is 2.52. The molecule has 1 fully saturated rings. The summed E-state index contributed by atoms with van der Waals surface area (Å²) >= 11 is 0. The molecule has 0 aliphatic carbocycles. The Balaban J connectivity index is 1.87. The maximum atomic E-state index is 13.5. The molecule has 1 heterocycles. The highest BCUT2D eigenvalue weighted by Crippen LogP contribution is 2.18. The van der Waals surface area contributed by atoms with Crippen molar-refractivity contribution in [1.29, 1.82) is 0 Å². The van der Waals surface area contributed by atoms with E-state index < -0.39 is 11.7 Å². The zero-order valence-electron chi connectivity index (χ0n) is 11.9. The van der Waals surface area contributed by atoms with Crippen molar-refractivity contribution < 1.29 is 14.3 Å². The highest BCUT2D eigenvalue weighted by atomic mass is 19.1. The van der Waals surface area contributed by atoms with E-state index in [4.69, 9.17) is 5.11 Å². The van der Waals surface area contributed by atoms with Gasteiger partial charge in [-0.15, -0.1) is 0 Å². The SMILES string of the molecule is CC(C)N1CCC(CNC(=O)c2ccc(O)cc2F)C1. The van der Waals surface area contributed by atoms with Crippen LogP contribution < -0.4 is 5.32 Å². The molecule has 5 heteroatoms. The van der Waals surface area contributed by atoms with Gasteiger partial charge in [0.05, 0.1) is 5.56 Å². The minimum atomic E-state index is -0.697. The summed E-state index contributed by atoms with van der Waals surface area (Å²) in [5.74, 6) is -0.882. The first-order chi connectivity index (χ1) is 9.47. The second-order valence-corrected chi connectivity index (χ2v) is 5.62. The number of benzene rings is 1. The number of carbonyl (C=O) groups is 1. The summed E-state index contributed by atoms with van der Waals surface area (Å²) in [6, 6.07) is 4.08. The lowest BCUT2D eigenvalue weighted by molar-refractivity contribution is 0.0943. The molecule has 2 N–H and O–H groups in total. The third-order valence-electron chi connectivity index (χ3n) is 3.80. The fourth-order valence-corrected chi connectivity index (χ4v) is 2.52. The van der Waals surface area contributed by atoms with E-state index in [0.29, 0.717) is 18.5 Å². The predicted molar refractivity (Wildman–Crippen MR) is 75.2 cm³/mol. The normalized spacial score (nSPS) is 19.5. The Morgan fingerprint density at radius 3 is 2.90 bits per heavy atom. The van der Waals surface area contributed by atoms with Crippen molar-refractivity contribution in [3.63, 3.8) is 0 Å². The third-order valence-corrected chi connectivity index (χ3v) is 3.80. The van der Waals surface area contributed by atoms with E-state index in [2.05, 4.69) is 24.1 Å². The lowest BCUT2D eigenvalue weighted by Gasteiger charge is -2.20. The highest BCUT2D eigenvalue weighted by molar-refractivity contribution is 5.94. The summed E-state index contributed by atoms with van der Waals surface area (Å²) in [7, 11) is 0. The van der Waals surface area contributed by atoms with E-state index in [1.807, 2.05) is 0 Å². The van der Waals surface area contributed by atoms with E-state index >= 15 is 0 Å². The topological polar surface area (TPSA) is 52.6 Å². The summed E-state index contributed by atoms with van der Waals surface area (Å²) in [6.07, 6.45) is 1.05. The standard InChI is InChI=1S/C15H21FN2O2/c1-10(2)18-6-5-11(9-18)8-17-15(20)13-4-3-12(19)7-14(13)16/h3-4,7,10-11,19H,5-6,8-9H2,1-2H3,(H,17,20). The molecule has 0 saturated carbocycles. The Hall–Kier alpha value is -1.62. The lowest BCUT2D eigenvalue weighted by Crippen LogP contribution is -2.33. The van der Waals surface area contributed by atoms with Crippen LogP contribution in [-0.2, 0) is 0 Å². The smallest absolute Gasteiger partial charge is 0.254 e. The van der Waals surface area contributed by atoms with Gasteiger partial charge in [-0.05, 0) is 44.9 Å². The van der Waals surface area contributed by atoms with Crippen molar-refractivity contribution in [3.8, 4) is 5.75 Å². The molecule has 0 bridgehead atoms. The summed E-state index contributed by atoms with van der Waals surface area (Å²) in [5.41, 5.74) is -0.0264. The van der Waals surface area contributed by atoms with E-state index in [9.17, 15) is 9.18 Å². The van der Waals surface area contributed by atoms with Gasteiger partial charge in [-0.3, -0.25) is 4.79 Å². The Kier molecular flexibility index (Phi) is 4.60.